The van der Waals surface area contributed by atoms with Crippen molar-refractivity contribution in [3.63, 3.8) is 0 Å². The third-order valence-electron chi connectivity index (χ3n) is 7.90. The molecule has 2 aliphatic heterocycles. The largest absolute Gasteiger partial charge is 0.439 e. The monoisotopic (exact) mass is 589 g/mol. The van der Waals surface area contributed by atoms with Gasteiger partial charge in [-0.05, 0) is 64.7 Å². The van der Waals surface area contributed by atoms with Crippen LogP contribution >= 0.6 is 15.9 Å². The molecule has 4 aromatic carbocycles. The summed E-state index contributed by atoms with van der Waals surface area (Å²) in [6.45, 7) is 3.06. The molecule has 0 amide bonds. The predicted octanol–water partition coefficient (Wildman–Crippen LogP) is 7.88. The molecule has 0 atom stereocenters. The van der Waals surface area contributed by atoms with Crippen molar-refractivity contribution in [3.8, 4) is 11.1 Å². The standard InChI is InChI=1S/C33H24BrN3O3/c34-24-11-13-27-23(15-24)18-37-19-36(27)17-22-14-21(10-12-26(22)37)29-30-31(25-8-4-5-9-28(25)39-33(30)38)40-32(29)35-16-20-6-2-1-3-7-20/h1-15,35H,16-19H2. The second-order valence-corrected chi connectivity index (χ2v) is 11.3. The molecular weight excluding hydrogens is 566 g/mol. The zero-order valence-electron chi connectivity index (χ0n) is 21.5. The number of hydrogen-bond acceptors (Lipinski definition) is 6. The van der Waals surface area contributed by atoms with Crippen LogP contribution < -0.4 is 20.7 Å². The Kier molecular flexibility index (Phi) is 5.28. The molecule has 0 saturated heterocycles. The molecule has 2 aliphatic rings. The van der Waals surface area contributed by atoms with E-state index in [9.17, 15) is 4.79 Å². The van der Waals surface area contributed by atoms with Crippen LogP contribution in [-0.4, -0.2) is 6.67 Å². The van der Waals surface area contributed by atoms with Crippen molar-refractivity contribution in [2.75, 3.05) is 21.8 Å². The molecule has 0 spiro atoms. The fourth-order valence-corrected chi connectivity index (χ4v) is 6.50. The van der Waals surface area contributed by atoms with E-state index in [1.165, 1.54) is 22.5 Å². The van der Waals surface area contributed by atoms with E-state index in [4.69, 9.17) is 8.83 Å². The van der Waals surface area contributed by atoms with Gasteiger partial charge in [0.05, 0.1) is 17.6 Å². The fraction of sp³-hybridized carbons (Fsp3) is 0.121. The number of hydrogen-bond donors (Lipinski definition) is 1. The summed E-state index contributed by atoms with van der Waals surface area (Å²) in [5.41, 5.74) is 8.44. The first kappa shape index (κ1) is 23.4. The maximum atomic E-state index is 13.4. The molecule has 2 bridgehead atoms. The van der Waals surface area contributed by atoms with Gasteiger partial charge in [-0.3, -0.25) is 0 Å². The molecule has 40 heavy (non-hydrogen) atoms. The highest BCUT2D eigenvalue weighted by Crippen LogP contribution is 2.44. The molecule has 0 saturated carbocycles. The van der Waals surface area contributed by atoms with Crippen molar-refractivity contribution in [1.29, 1.82) is 0 Å². The van der Waals surface area contributed by atoms with E-state index in [0.29, 0.717) is 29.0 Å². The Bertz CT molecular complexity index is 2000. The van der Waals surface area contributed by atoms with Crippen LogP contribution in [0.1, 0.15) is 16.7 Å². The van der Waals surface area contributed by atoms with Gasteiger partial charge in [0.25, 0.3) is 0 Å². The van der Waals surface area contributed by atoms with E-state index in [1.807, 2.05) is 36.4 Å². The Hall–Kier alpha value is -4.49. The van der Waals surface area contributed by atoms with Gasteiger partial charge in [-0.2, -0.15) is 0 Å². The number of anilines is 3. The quantitative estimate of drug-likeness (QED) is 0.211. The van der Waals surface area contributed by atoms with Gasteiger partial charge in [-0.15, -0.1) is 0 Å². The lowest BCUT2D eigenvalue weighted by atomic mass is 9.96. The zero-order chi connectivity index (χ0) is 26.8. The third kappa shape index (κ3) is 3.72. The van der Waals surface area contributed by atoms with Crippen molar-refractivity contribution in [1.82, 2.24) is 0 Å². The predicted molar refractivity (Wildman–Crippen MR) is 163 cm³/mol. The molecule has 1 N–H and O–H groups in total. The van der Waals surface area contributed by atoms with Crippen molar-refractivity contribution < 1.29 is 8.83 Å². The molecule has 6 aromatic rings. The van der Waals surface area contributed by atoms with E-state index >= 15 is 0 Å². The van der Waals surface area contributed by atoms with Crippen LogP contribution in [0.25, 0.3) is 33.1 Å². The van der Waals surface area contributed by atoms with Gasteiger partial charge < -0.3 is 24.0 Å². The van der Waals surface area contributed by atoms with Gasteiger partial charge in [-0.25, -0.2) is 4.79 Å². The number of nitrogens with one attached hydrogen (secondary N) is 1. The van der Waals surface area contributed by atoms with Crippen LogP contribution in [0.4, 0.5) is 17.3 Å². The van der Waals surface area contributed by atoms with Crippen LogP contribution in [0.5, 0.6) is 0 Å². The maximum absolute atomic E-state index is 13.4. The van der Waals surface area contributed by atoms with E-state index in [2.05, 4.69) is 79.6 Å². The van der Waals surface area contributed by atoms with Gasteiger partial charge >= 0.3 is 5.63 Å². The maximum Gasteiger partial charge on any atom is 0.348 e. The van der Waals surface area contributed by atoms with Gasteiger partial charge in [0, 0.05) is 35.5 Å². The first-order valence-electron chi connectivity index (χ1n) is 13.3. The summed E-state index contributed by atoms with van der Waals surface area (Å²) in [4.78, 5) is 18.2. The minimum absolute atomic E-state index is 0.401. The molecule has 0 fully saturated rings. The van der Waals surface area contributed by atoms with Crippen molar-refractivity contribution in [2.24, 2.45) is 0 Å². The topological polar surface area (TPSA) is 61.9 Å². The number of rotatable bonds is 4. The fourth-order valence-electron chi connectivity index (χ4n) is 6.09. The SMILES string of the molecule is O=c1oc2ccccc2c2oc(NCc3ccccc3)c(-c3ccc4c(c3)CN3CN4Cc4cc(Br)ccc43)c12. The van der Waals surface area contributed by atoms with E-state index < -0.39 is 5.63 Å². The summed E-state index contributed by atoms with van der Waals surface area (Å²) >= 11 is 3.62. The van der Waals surface area contributed by atoms with Crippen molar-refractivity contribution in [3.05, 3.63) is 123 Å². The molecule has 196 valence electrons. The molecule has 7 heteroatoms. The number of para-hydroxylation sites is 1. The summed E-state index contributed by atoms with van der Waals surface area (Å²) in [5.74, 6) is 0.564. The van der Waals surface area contributed by atoms with Crippen molar-refractivity contribution in [2.45, 2.75) is 19.6 Å². The minimum atomic E-state index is -0.401. The van der Waals surface area contributed by atoms with Crippen LogP contribution in [0, 0.1) is 0 Å². The smallest absolute Gasteiger partial charge is 0.348 e. The second kappa shape index (κ2) is 9.03. The number of furan rings is 1. The Morgan fingerprint density at radius 1 is 0.800 bits per heavy atom. The Labute approximate surface area is 238 Å². The first-order chi connectivity index (χ1) is 19.6. The van der Waals surface area contributed by atoms with E-state index in [1.54, 1.807) is 6.07 Å². The highest BCUT2D eigenvalue weighted by atomic mass is 79.9. The lowest BCUT2D eigenvalue weighted by Gasteiger charge is -2.45. The lowest BCUT2D eigenvalue weighted by Crippen LogP contribution is -2.46. The second-order valence-electron chi connectivity index (χ2n) is 10.4. The average Bonchev–Trinajstić information content (AvgIpc) is 3.37. The van der Waals surface area contributed by atoms with E-state index in [-0.39, 0.29) is 0 Å². The van der Waals surface area contributed by atoms with Crippen LogP contribution in [0.3, 0.4) is 0 Å². The zero-order valence-corrected chi connectivity index (χ0v) is 23.1. The first-order valence-corrected chi connectivity index (χ1v) is 14.1. The molecule has 0 radical (unpaired) electrons. The van der Waals surface area contributed by atoms with Gasteiger partial charge in [0.2, 0.25) is 5.88 Å². The summed E-state index contributed by atoms with van der Waals surface area (Å²) in [6, 6.07) is 30.6. The number of halogens is 1. The summed E-state index contributed by atoms with van der Waals surface area (Å²) < 4.78 is 13.3. The Morgan fingerprint density at radius 3 is 2.35 bits per heavy atom. The molecule has 4 heterocycles. The van der Waals surface area contributed by atoms with Crippen LogP contribution in [0.15, 0.2) is 109 Å². The lowest BCUT2D eigenvalue weighted by molar-refractivity contribution is 0.565. The summed E-state index contributed by atoms with van der Waals surface area (Å²) in [6.07, 6.45) is 0. The van der Waals surface area contributed by atoms with Gasteiger partial charge in [0.1, 0.15) is 11.0 Å². The Morgan fingerprint density at radius 2 is 1.52 bits per heavy atom. The Balaban J connectivity index is 1.28. The molecular formula is C33H24BrN3O3. The minimum Gasteiger partial charge on any atom is -0.439 e. The van der Waals surface area contributed by atoms with Crippen molar-refractivity contribution >= 4 is 55.1 Å². The average molecular weight is 590 g/mol. The molecule has 0 aliphatic carbocycles. The number of fused-ring (bicyclic) bond motifs is 9. The van der Waals surface area contributed by atoms with Crippen LogP contribution in [-0.2, 0) is 19.6 Å². The number of benzene rings is 4. The normalized spacial score (nSPS) is 13.9. The van der Waals surface area contributed by atoms with Gasteiger partial charge in [-0.1, -0.05) is 64.5 Å². The van der Waals surface area contributed by atoms with Gasteiger partial charge in [0.15, 0.2) is 5.58 Å². The molecule has 0 unspecified atom stereocenters. The third-order valence-corrected chi connectivity index (χ3v) is 8.39. The van der Waals surface area contributed by atoms with Crippen LogP contribution in [0.2, 0.25) is 0 Å². The number of nitrogens with zero attached hydrogens (tertiary/aromatic N) is 2. The molecule has 2 aromatic heterocycles. The summed E-state index contributed by atoms with van der Waals surface area (Å²) in [7, 11) is 0. The molecule has 6 nitrogen and oxygen atoms in total. The van der Waals surface area contributed by atoms with E-state index in [0.717, 1.165) is 46.3 Å². The molecule has 8 rings (SSSR count). The summed E-state index contributed by atoms with van der Waals surface area (Å²) in [5, 5.41) is 4.71. The highest BCUT2D eigenvalue weighted by molar-refractivity contribution is 9.10. The highest BCUT2D eigenvalue weighted by Gasteiger charge is 2.30.